The highest BCUT2D eigenvalue weighted by Crippen LogP contribution is 2.17. The lowest BCUT2D eigenvalue weighted by molar-refractivity contribution is -0.0327. The number of nitrogens with zero attached hydrogens (tertiary/aromatic N) is 2. The van der Waals surface area contributed by atoms with Gasteiger partial charge in [-0.25, -0.2) is 4.39 Å². The molecule has 0 spiro atoms. The highest BCUT2D eigenvalue weighted by atomic mass is 19.1. The molecule has 1 saturated heterocycles. The van der Waals surface area contributed by atoms with E-state index in [0.717, 1.165) is 19.5 Å². The highest BCUT2D eigenvalue weighted by Gasteiger charge is 2.20. The predicted molar refractivity (Wildman–Crippen MR) is 66.4 cm³/mol. The van der Waals surface area contributed by atoms with Crippen LogP contribution in [0, 0.1) is 17.1 Å². The second kappa shape index (κ2) is 5.94. The van der Waals surface area contributed by atoms with Gasteiger partial charge in [0, 0.05) is 25.2 Å². The molecule has 1 atom stereocenters. The van der Waals surface area contributed by atoms with E-state index in [1.54, 1.807) is 12.1 Å². The Morgan fingerprint density at radius 1 is 1.56 bits per heavy atom. The second-order valence-electron chi connectivity index (χ2n) is 4.53. The summed E-state index contributed by atoms with van der Waals surface area (Å²) < 4.78 is 19.5. The number of hydrogen-bond acceptors (Lipinski definition) is 3. The van der Waals surface area contributed by atoms with E-state index < -0.39 is 0 Å². The Labute approximate surface area is 107 Å². The summed E-state index contributed by atoms with van der Waals surface area (Å²) >= 11 is 0. The molecule has 1 aromatic carbocycles. The molecule has 18 heavy (non-hydrogen) atoms. The molecule has 0 aromatic heterocycles. The molecule has 1 aromatic rings. The number of rotatable bonds is 3. The molecular formula is C14H17FN2O. The van der Waals surface area contributed by atoms with Crippen molar-refractivity contribution in [2.75, 3.05) is 19.7 Å². The molecule has 1 fully saturated rings. The van der Waals surface area contributed by atoms with Gasteiger partial charge in [0.25, 0.3) is 0 Å². The van der Waals surface area contributed by atoms with Crippen molar-refractivity contribution in [2.24, 2.45) is 0 Å². The lowest BCUT2D eigenvalue weighted by Crippen LogP contribution is -2.41. The van der Waals surface area contributed by atoms with Gasteiger partial charge in [-0.2, -0.15) is 5.26 Å². The maximum Gasteiger partial charge on any atom is 0.145 e. The Balaban J connectivity index is 2.07. The smallest absolute Gasteiger partial charge is 0.145 e. The van der Waals surface area contributed by atoms with E-state index in [0.29, 0.717) is 18.7 Å². The number of hydrogen-bond donors (Lipinski definition) is 0. The van der Waals surface area contributed by atoms with E-state index in [4.69, 9.17) is 10.00 Å². The summed E-state index contributed by atoms with van der Waals surface area (Å²) in [7, 11) is 0. The van der Waals surface area contributed by atoms with Crippen molar-refractivity contribution in [3.63, 3.8) is 0 Å². The molecule has 4 heteroatoms. The molecular weight excluding hydrogens is 231 g/mol. The van der Waals surface area contributed by atoms with E-state index in [1.807, 2.05) is 6.07 Å². The maximum atomic E-state index is 13.9. The first-order chi connectivity index (χ1) is 8.74. The van der Waals surface area contributed by atoms with Gasteiger partial charge in [0.1, 0.15) is 11.9 Å². The van der Waals surface area contributed by atoms with Gasteiger partial charge in [-0.1, -0.05) is 19.1 Å². The summed E-state index contributed by atoms with van der Waals surface area (Å²) in [5, 5.41) is 8.81. The number of nitriles is 1. The van der Waals surface area contributed by atoms with E-state index in [1.165, 1.54) is 6.07 Å². The second-order valence-corrected chi connectivity index (χ2v) is 4.53. The summed E-state index contributed by atoms with van der Waals surface area (Å²) in [6.07, 6.45) is 1.21. The molecule has 0 amide bonds. The average molecular weight is 248 g/mol. The first-order valence-corrected chi connectivity index (χ1v) is 6.26. The normalized spacial score (nSPS) is 20.6. The molecule has 2 rings (SSSR count). The van der Waals surface area contributed by atoms with Crippen molar-refractivity contribution in [1.29, 1.82) is 5.26 Å². The Morgan fingerprint density at radius 2 is 2.39 bits per heavy atom. The van der Waals surface area contributed by atoms with Crippen LogP contribution in [0.1, 0.15) is 24.5 Å². The minimum Gasteiger partial charge on any atom is -0.376 e. The fourth-order valence-electron chi connectivity index (χ4n) is 2.20. The van der Waals surface area contributed by atoms with Gasteiger partial charge in [-0.15, -0.1) is 0 Å². The molecule has 0 radical (unpaired) electrons. The lowest BCUT2D eigenvalue weighted by Gasteiger charge is -2.32. The summed E-state index contributed by atoms with van der Waals surface area (Å²) in [4.78, 5) is 2.18. The van der Waals surface area contributed by atoms with Crippen LogP contribution in [-0.2, 0) is 11.3 Å². The fourth-order valence-corrected chi connectivity index (χ4v) is 2.20. The van der Waals surface area contributed by atoms with Crippen LogP contribution in [0.15, 0.2) is 18.2 Å². The monoisotopic (exact) mass is 248 g/mol. The van der Waals surface area contributed by atoms with Gasteiger partial charge in [0.05, 0.1) is 18.3 Å². The van der Waals surface area contributed by atoms with Crippen LogP contribution in [-0.4, -0.2) is 30.7 Å². The third-order valence-corrected chi connectivity index (χ3v) is 3.27. The SMILES string of the molecule is CCC1CN(Cc2cccc(C#N)c2F)CCO1. The van der Waals surface area contributed by atoms with Gasteiger partial charge in [-0.3, -0.25) is 4.90 Å². The predicted octanol–water partition coefficient (Wildman–Crippen LogP) is 2.31. The van der Waals surface area contributed by atoms with Crippen LogP contribution in [0.3, 0.4) is 0 Å². The lowest BCUT2D eigenvalue weighted by atomic mass is 10.1. The van der Waals surface area contributed by atoms with Gasteiger partial charge < -0.3 is 4.74 Å². The summed E-state index contributed by atoms with van der Waals surface area (Å²) in [5.41, 5.74) is 0.707. The van der Waals surface area contributed by atoms with Crippen molar-refractivity contribution in [3.8, 4) is 6.07 Å². The van der Waals surface area contributed by atoms with Crippen LogP contribution in [0.4, 0.5) is 4.39 Å². The molecule has 0 aliphatic carbocycles. The molecule has 1 unspecified atom stereocenters. The largest absolute Gasteiger partial charge is 0.376 e. The number of benzene rings is 1. The Kier molecular flexibility index (Phi) is 4.29. The molecule has 1 heterocycles. The van der Waals surface area contributed by atoms with E-state index in [9.17, 15) is 4.39 Å². The highest BCUT2D eigenvalue weighted by molar-refractivity contribution is 5.34. The Bertz CT molecular complexity index is 456. The Hall–Kier alpha value is -1.44. The van der Waals surface area contributed by atoms with E-state index in [2.05, 4.69) is 11.8 Å². The number of halogens is 1. The van der Waals surface area contributed by atoms with Gasteiger partial charge in [-0.05, 0) is 12.5 Å². The zero-order chi connectivity index (χ0) is 13.0. The quantitative estimate of drug-likeness (QED) is 0.823. The minimum absolute atomic E-state index is 0.118. The molecule has 96 valence electrons. The number of morpholine rings is 1. The third kappa shape index (κ3) is 2.87. The fraction of sp³-hybridized carbons (Fsp3) is 0.500. The Morgan fingerprint density at radius 3 is 3.11 bits per heavy atom. The van der Waals surface area contributed by atoms with Crippen LogP contribution < -0.4 is 0 Å². The molecule has 3 nitrogen and oxygen atoms in total. The van der Waals surface area contributed by atoms with Crippen molar-refractivity contribution in [3.05, 3.63) is 35.1 Å². The van der Waals surface area contributed by atoms with Crippen LogP contribution in [0.5, 0.6) is 0 Å². The molecule has 1 aliphatic heterocycles. The first kappa shape index (κ1) is 13.0. The molecule has 0 saturated carbocycles. The average Bonchev–Trinajstić information content (AvgIpc) is 2.41. The summed E-state index contributed by atoms with van der Waals surface area (Å²) in [6, 6.07) is 6.86. The maximum absolute atomic E-state index is 13.9. The van der Waals surface area contributed by atoms with Crippen molar-refractivity contribution in [2.45, 2.75) is 26.0 Å². The van der Waals surface area contributed by atoms with Crippen molar-refractivity contribution in [1.82, 2.24) is 4.90 Å². The molecule has 0 N–H and O–H groups in total. The third-order valence-electron chi connectivity index (χ3n) is 3.27. The zero-order valence-corrected chi connectivity index (χ0v) is 10.5. The van der Waals surface area contributed by atoms with Crippen LogP contribution >= 0.6 is 0 Å². The summed E-state index contributed by atoms with van der Waals surface area (Å²) in [5.74, 6) is -0.389. The van der Waals surface area contributed by atoms with Crippen LogP contribution in [0.2, 0.25) is 0 Å². The minimum atomic E-state index is -0.389. The zero-order valence-electron chi connectivity index (χ0n) is 10.5. The van der Waals surface area contributed by atoms with E-state index in [-0.39, 0.29) is 17.5 Å². The molecule has 1 aliphatic rings. The van der Waals surface area contributed by atoms with Crippen LogP contribution in [0.25, 0.3) is 0 Å². The van der Waals surface area contributed by atoms with Gasteiger partial charge in [0.2, 0.25) is 0 Å². The first-order valence-electron chi connectivity index (χ1n) is 6.26. The van der Waals surface area contributed by atoms with Gasteiger partial charge in [0.15, 0.2) is 0 Å². The van der Waals surface area contributed by atoms with Crippen molar-refractivity contribution >= 4 is 0 Å². The molecule has 0 bridgehead atoms. The number of ether oxygens (including phenoxy) is 1. The summed E-state index contributed by atoms with van der Waals surface area (Å²) in [6.45, 7) is 4.96. The van der Waals surface area contributed by atoms with Crippen molar-refractivity contribution < 1.29 is 9.13 Å². The standard InChI is InChI=1S/C14H17FN2O/c1-2-13-10-17(6-7-18-13)9-12-5-3-4-11(8-16)14(12)15/h3-5,13H,2,6-7,9-10H2,1H3. The topological polar surface area (TPSA) is 36.3 Å². The van der Waals surface area contributed by atoms with E-state index >= 15 is 0 Å². The van der Waals surface area contributed by atoms with Gasteiger partial charge >= 0.3 is 0 Å².